The number of carbonyl (C=O) groups excluding carboxylic acids is 2. The summed E-state index contributed by atoms with van der Waals surface area (Å²) in [6, 6.07) is 10.2. The van der Waals surface area contributed by atoms with Crippen LogP contribution in [-0.2, 0) is 28.9 Å². The van der Waals surface area contributed by atoms with Gasteiger partial charge in [-0.25, -0.2) is 8.42 Å². The zero-order valence-corrected chi connectivity index (χ0v) is 36.4. The fourth-order valence-corrected chi connectivity index (χ4v) is 8.54. The van der Waals surface area contributed by atoms with Crippen molar-refractivity contribution in [3.05, 3.63) is 66.4 Å². The van der Waals surface area contributed by atoms with Crippen LogP contribution in [0.2, 0.25) is 0 Å². The highest BCUT2D eigenvalue weighted by molar-refractivity contribution is 7.93. The maximum atomic E-state index is 13.0. The first-order valence-electron chi connectivity index (χ1n) is 21.1. The Morgan fingerprint density at radius 1 is 0.891 bits per heavy atom. The van der Waals surface area contributed by atoms with E-state index < -0.39 is 27.0 Å². The molecule has 0 radical (unpaired) electrons. The van der Waals surface area contributed by atoms with Crippen molar-refractivity contribution in [3.8, 4) is 6.07 Å². The molecule has 0 aromatic heterocycles. The lowest BCUT2D eigenvalue weighted by molar-refractivity contribution is -0.147. The molecule has 0 spiro atoms. The fraction of sp³-hybridized carbons (Fsp3) is 0.674. The molecule has 4 atom stereocenters. The molecule has 55 heavy (non-hydrogen) atoms. The summed E-state index contributed by atoms with van der Waals surface area (Å²) in [7, 11) is -3.88. The second-order valence-electron chi connectivity index (χ2n) is 15.5. The molecule has 0 heterocycles. The van der Waals surface area contributed by atoms with Crippen molar-refractivity contribution in [2.45, 2.75) is 155 Å². The summed E-state index contributed by atoms with van der Waals surface area (Å²) >= 11 is 0. The third-order valence-electron chi connectivity index (χ3n) is 10.4. The molecule has 1 aromatic rings. The van der Waals surface area contributed by atoms with E-state index in [0.717, 1.165) is 57.5 Å². The number of esters is 2. The summed E-state index contributed by atoms with van der Waals surface area (Å²) in [5.41, 5.74) is 1.57. The SMILES string of the molecule is CCCCC(CC)CCC1=CC(C(C#N)C(=O)OCC)CC(C)(C)C1.CCCCCCCCOC(=O)C(/C=C/C=C/N(CC)CC)S(=O)(=O)c1ccccc1. The number of ether oxygens (including phenoxy) is 2. The molecule has 2 rings (SSSR count). The highest BCUT2D eigenvalue weighted by atomic mass is 32.2. The predicted molar refractivity (Wildman–Crippen MR) is 226 cm³/mol. The Labute approximate surface area is 335 Å². The second kappa shape index (κ2) is 28.1. The molecule has 1 aromatic carbocycles. The Hall–Kier alpha value is -3.38. The van der Waals surface area contributed by atoms with Gasteiger partial charge >= 0.3 is 11.9 Å². The van der Waals surface area contributed by atoms with E-state index in [9.17, 15) is 23.3 Å². The molecule has 8 nitrogen and oxygen atoms in total. The molecule has 0 saturated heterocycles. The second-order valence-corrected chi connectivity index (χ2v) is 17.6. The maximum Gasteiger partial charge on any atom is 0.328 e. The van der Waals surface area contributed by atoms with E-state index in [1.165, 1.54) is 75.1 Å². The smallest absolute Gasteiger partial charge is 0.328 e. The Balaban J connectivity index is 0.000000559. The third-order valence-corrected chi connectivity index (χ3v) is 12.3. The molecule has 0 amide bonds. The first kappa shape index (κ1) is 49.6. The van der Waals surface area contributed by atoms with Crippen LogP contribution in [-0.4, -0.2) is 56.8 Å². The Morgan fingerprint density at radius 2 is 1.55 bits per heavy atom. The van der Waals surface area contributed by atoms with Gasteiger partial charge in [-0.15, -0.1) is 0 Å². The number of allylic oxidation sites excluding steroid dienone is 4. The lowest BCUT2D eigenvalue weighted by atomic mass is 9.68. The van der Waals surface area contributed by atoms with Crippen molar-refractivity contribution in [1.29, 1.82) is 5.26 Å². The van der Waals surface area contributed by atoms with E-state index in [2.05, 4.69) is 51.7 Å². The molecule has 0 fully saturated rings. The average molecular weight is 783 g/mol. The van der Waals surface area contributed by atoms with E-state index in [1.807, 2.05) is 20.0 Å². The zero-order chi connectivity index (χ0) is 41.1. The number of nitriles is 1. The number of hydrogen-bond acceptors (Lipinski definition) is 8. The van der Waals surface area contributed by atoms with Gasteiger partial charge in [0.05, 0.1) is 24.2 Å². The van der Waals surface area contributed by atoms with Gasteiger partial charge < -0.3 is 14.4 Å². The third kappa shape index (κ3) is 19.4. The number of sulfone groups is 1. The lowest BCUT2D eigenvalue weighted by Crippen LogP contribution is -2.31. The normalized spacial score (nSPS) is 17.0. The van der Waals surface area contributed by atoms with Crippen LogP contribution in [0.25, 0.3) is 0 Å². The van der Waals surface area contributed by atoms with Gasteiger partial charge in [0.2, 0.25) is 0 Å². The molecular weight excluding hydrogens is 709 g/mol. The van der Waals surface area contributed by atoms with E-state index in [4.69, 9.17) is 9.47 Å². The van der Waals surface area contributed by atoms with Crippen molar-refractivity contribution >= 4 is 21.8 Å². The van der Waals surface area contributed by atoms with Gasteiger partial charge in [-0.1, -0.05) is 134 Å². The topological polar surface area (TPSA) is 114 Å². The summed E-state index contributed by atoms with van der Waals surface area (Å²) < 4.78 is 36.5. The fourth-order valence-electron chi connectivity index (χ4n) is 7.10. The van der Waals surface area contributed by atoms with E-state index >= 15 is 0 Å². The number of benzene rings is 1. The Morgan fingerprint density at radius 3 is 2.15 bits per heavy atom. The van der Waals surface area contributed by atoms with Crippen molar-refractivity contribution in [2.75, 3.05) is 26.3 Å². The van der Waals surface area contributed by atoms with Crippen LogP contribution < -0.4 is 0 Å². The van der Waals surface area contributed by atoms with Crippen LogP contribution in [0.15, 0.2) is 71.3 Å². The standard InChI is InChI=1S/C24H37NO4S.C22H37NO2/c1-4-7-8-9-10-16-21-29-24(26)23(19-14-15-20-25(5-2)6-3)30(27,28)22-17-12-11-13-18-22;1-6-9-10-17(7-2)11-12-18-13-19(15-22(4,5)14-18)20(16-23)21(24)25-8-3/h11-15,17-20,23H,4-10,16,21H2,1-3H3;13,17,19-20H,6-12,14-15H2,1-5H3/b19-14+,20-15+;. The maximum absolute atomic E-state index is 13.0. The van der Waals surface area contributed by atoms with Gasteiger partial charge in [-0.05, 0) is 88.6 Å². The molecule has 0 saturated carbocycles. The Bertz CT molecular complexity index is 1460. The largest absolute Gasteiger partial charge is 0.465 e. The molecule has 0 N–H and O–H groups in total. The molecule has 310 valence electrons. The van der Waals surface area contributed by atoms with Crippen molar-refractivity contribution in [3.63, 3.8) is 0 Å². The number of nitrogens with zero attached hydrogens (tertiary/aromatic N) is 2. The molecule has 1 aliphatic rings. The molecule has 1 aliphatic carbocycles. The van der Waals surface area contributed by atoms with Crippen LogP contribution in [0, 0.1) is 34.5 Å². The number of unbranched alkanes of at least 4 members (excludes halogenated alkanes) is 6. The number of rotatable bonds is 25. The van der Waals surface area contributed by atoms with Gasteiger partial charge in [0.15, 0.2) is 15.1 Å². The predicted octanol–water partition coefficient (Wildman–Crippen LogP) is 11.2. The molecule has 4 unspecified atom stereocenters. The zero-order valence-electron chi connectivity index (χ0n) is 35.6. The number of hydrogen-bond donors (Lipinski definition) is 0. The summed E-state index contributed by atoms with van der Waals surface area (Å²) in [6.07, 6.45) is 24.7. The summed E-state index contributed by atoms with van der Waals surface area (Å²) in [6.45, 7) is 19.4. The van der Waals surface area contributed by atoms with Crippen molar-refractivity contribution < 1.29 is 27.5 Å². The molecule has 0 bridgehead atoms. The van der Waals surface area contributed by atoms with Crippen LogP contribution in [0.1, 0.15) is 145 Å². The van der Waals surface area contributed by atoms with Crippen LogP contribution in [0.4, 0.5) is 0 Å². The van der Waals surface area contributed by atoms with Crippen LogP contribution >= 0.6 is 0 Å². The highest BCUT2D eigenvalue weighted by Crippen LogP contribution is 2.43. The van der Waals surface area contributed by atoms with E-state index in [0.29, 0.717) is 6.61 Å². The minimum absolute atomic E-state index is 0.0153. The van der Waals surface area contributed by atoms with Crippen molar-refractivity contribution in [2.24, 2.45) is 23.2 Å². The summed E-state index contributed by atoms with van der Waals surface area (Å²) in [5.74, 6) is -0.978. The first-order chi connectivity index (χ1) is 26.3. The van der Waals surface area contributed by atoms with E-state index in [1.54, 1.807) is 37.3 Å². The lowest BCUT2D eigenvalue weighted by Gasteiger charge is -2.36. The number of carbonyl (C=O) groups is 2. The average Bonchev–Trinajstić information content (AvgIpc) is 3.16. The summed E-state index contributed by atoms with van der Waals surface area (Å²) in [5, 5.41) is 8.15. The summed E-state index contributed by atoms with van der Waals surface area (Å²) in [4.78, 5) is 27.0. The minimum Gasteiger partial charge on any atom is -0.465 e. The monoisotopic (exact) mass is 783 g/mol. The van der Waals surface area contributed by atoms with E-state index in [-0.39, 0.29) is 28.8 Å². The minimum atomic E-state index is -3.88. The van der Waals surface area contributed by atoms with Gasteiger partial charge in [0.25, 0.3) is 0 Å². The Kier molecular flexibility index (Phi) is 25.3. The molecule has 0 aliphatic heterocycles. The molecule has 9 heteroatoms. The highest BCUT2D eigenvalue weighted by Gasteiger charge is 2.37. The van der Waals surface area contributed by atoms with Gasteiger partial charge in [-0.2, -0.15) is 5.26 Å². The van der Waals surface area contributed by atoms with Crippen LogP contribution in [0.3, 0.4) is 0 Å². The first-order valence-corrected chi connectivity index (χ1v) is 22.7. The van der Waals surface area contributed by atoms with Gasteiger partial charge in [0, 0.05) is 19.0 Å². The van der Waals surface area contributed by atoms with Gasteiger partial charge in [0.1, 0.15) is 5.92 Å². The quantitative estimate of drug-likeness (QED) is 0.0417. The van der Waals surface area contributed by atoms with Crippen molar-refractivity contribution in [1.82, 2.24) is 4.90 Å². The van der Waals surface area contributed by atoms with Crippen LogP contribution in [0.5, 0.6) is 0 Å². The van der Waals surface area contributed by atoms with Gasteiger partial charge in [-0.3, -0.25) is 9.59 Å². The molecular formula is C46H74N2O6S.